The maximum atomic E-state index is 11.8. The zero-order chi connectivity index (χ0) is 12.8. The Balaban J connectivity index is 2.48. The highest BCUT2D eigenvalue weighted by Gasteiger charge is 2.40. The molecule has 94 valence electrons. The topological polar surface area (TPSA) is 66.4 Å². The molecule has 1 amide bonds. The molecule has 1 fully saturated rings. The normalized spacial score (nSPS) is 27.1. The summed E-state index contributed by atoms with van der Waals surface area (Å²) in [6.07, 6.45) is 1.88. The molecule has 0 spiro atoms. The van der Waals surface area contributed by atoms with Gasteiger partial charge in [-0.2, -0.15) is 0 Å². The van der Waals surface area contributed by atoms with Crippen molar-refractivity contribution in [2.75, 3.05) is 6.54 Å². The van der Waals surface area contributed by atoms with Crippen molar-refractivity contribution < 1.29 is 14.7 Å². The number of nitrogens with one attached hydrogen (secondary N) is 1. The monoisotopic (exact) mass is 237 g/mol. The lowest BCUT2D eigenvalue weighted by Gasteiger charge is -2.14. The minimum Gasteiger partial charge on any atom is -0.481 e. The summed E-state index contributed by atoms with van der Waals surface area (Å²) >= 11 is 0. The second-order valence-corrected chi connectivity index (χ2v) is 4.60. The zero-order valence-corrected chi connectivity index (χ0v) is 10.3. The van der Waals surface area contributed by atoms with Gasteiger partial charge in [0, 0.05) is 13.0 Å². The first kappa shape index (κ1) is 13.6. The van der Waals surface area contributed by atoms with Crippen molar-refractivity contribution >= 4 is 11.9 Å². The lowest BCUT2D eigenvalue weighted by Crippen LogP contribution is -2.35. The van der Waals surface area contributed by atoms with Crippen molar-refractivity contribution in [3.05, 3.63) is 0 Å². The zero-order valence-electron chi connectivity index (χ0n) is 10.3. The summed E-state index contributed by atoms with van der Waals surface area (Å²) in [7, 11) is 0. The molecule has 0 aromatic carbocycles. The van der Waals surface area contributed by atoms with Crippen LogP contribution in [0.1, 0.15) is 33.1 Å². The average molecular weight is 237 g/mol. The molecule has 0 aromatic heterocycles. The number of carboxylic acid groups (broad SMARTS) is 1. The number of carbonyl (C=O) groups excluding carboxylic acids is 1. The number of hydrogen-bond acceptors (Lipinski definition) is 2. The van der Waals surface area contributed by atoms with Crippen molar-refractivity contribution in [2.24, 2.45) is 17.8 Å². The number of carbonyl (C=O) groups is 2. The van der Waals surface area contributed by atoms with Gasteiger partial charge in [0.25, 0.3) is 0 Å². The lowest BCUT2D eigenvalue weighted by atomic mass is 9.95. The molecule has 3 atom stereocenters. The largest absolute Gasteiger partial charge is 0.481 e. The maximum absolute atomic E-state index is 11.8. The molecule has 4 nitrogen and oxygen atoms in total. The van der Waals surface area contributed by atoms with E-state index in [1.807, 2.05) is 6.92 Å². The molecular weight excluding hydrogens is 218 g/mol. The van der Waals surface area contributed by atoms with E-state index in [0.717, 1.165) is 0 Å². The first-order valence-corrected chi connectivity index (χ1v) is 5.96. The molecule has 17 heavy (non-hydrogen) atoms. The van der Waals surface area contributed by atoms with Gasteiger partial charge in [0.1, 0.15) is 0 Å². The fraction of sp³-hybridized carbons (Fsp3) is 0.692. The Hall–Kier alpha value is -1.50. The van der Waals surface area contributed by atoms with Gasteiger partial charge in [-0.05, 0) is 25.7 Å². The molecule has 0 radical (unpaired) electrons. The standard InChI is InChI=1S/C13H19NO3/c1-3-4-5-6-14-12(15)10-7-9(2)8-11(10)13(16)17/h9-11H,5-8H2,1-2H3,(H,14,15)(H,16,17)/t9?,10-,11+/m0/s1. The van der Waals surface area contributed by atoms with Gasteiger partial charge < -0.3 is 10.4 Å². The van der Waals surface area contributed by atoms with E-state index in [2.05, 4.69) is 17.2 Å². The molecule has 0 aromatic rings. The van der Waals surface area contributed by atoms with E-state index in [9.17, 15) is 9.59 Å². The van der Waals surface area contributed by atoms with Crippen LogP contribution < -0.4 is 5.32 Å². The fourth-order valence-corrected chi connectivity index (χ4v) is 2.36. The van der Waals surface area contributed by atoms with Crippen molar-refractivity contribution in [3.8, 4) is 11.8 Å². The second-order valence-electron chi connectivity index (χ2n) is 4.60. The summed E-state index contributed by atoms with van der Waals surface area (Å²) in [5, 5.41) is 11.8. The van der Waals surface area contributed by atoms with E-state index < -0.39 is 11.9 Å². The smallest absolute Gasteiger partial charge is 0.307 e. The van der Waals surface area contributed by atoms with Crippen LogP contribution in [0.5, 0.6) is 0 Å². The van der Waals surface area contributed by atoms with E-state index in [1.54, 1.807) is 6.92 Å². The van der Waals surface area contributed by atoms with Crippen LogP contribution in [0.25, 0.3) is 0 Å². The van der Waals surface area contributed by atoms with Gasteiger partial charge in [-0.3, -0.25) is 9.59 Å². The van der Waals surface area contributed by atoms with Crippen molar-refractivity contribution in [1.82, 2.24) is 5.32 Å². The third-order valence-corrected chi connectivity index (χ3v) is 3.18. The number of hydrogen-bond donors (Lipinski definition) is 2. The van der Waals surface area contributed by atoms with Crippen LogP contribution >= 0.6 is 0 Å². The first-order valence-electron chi connectivity index (χ1n) is 5.96. The molecule has 0 saturated heterocycles. The van der Waals surface area contributed by atoms with Crippen LogP contribution in [-0.4, -0.2) is 23.5 Å². The number of carboxylic acids is 1. The van der Waals surface area contributed by atoms with E-state index >= 15 is 0 Å². The van der Waals surface area contributed by atoms with Gasteiger partial charge in [-0.25, -0.2) is 0 Å². The number of rotatable bonds is 4. The Morgan fingerprint density at radius 3 is 2.59 bits per heavy atom. The Morgan fingerprint density at radius 2 is 2.00 bits per heavy atom. The van der Waals surface area contributed by atoms with E-state index in [0.29, 0.717) is 31.7 Å². The van der Waals surface area contributed by atoms with Crippen molar-refractivity contribution in [1.29, 1.82) is 0 Å². The van der Waals surface area contributed by atoms with Gasteiger partial charge in [0.05, 0.1) is 11.8 Å². The summed E-state index contributed by atoms with van der Waals surface area (Å²) in [6, 6.07) is 0. The number of aliphatic carboxylic acids is 1. The number of amides is 1. The van der Waals surface area contributed by atoms with Crippen LogP contribution in [0.3, 0.4) is 0 Å². The van der Waals surface area contributed by atoms with Crippen molar-refractivity contribution in [3.63, 3.8) is 0 Å². The molecule has 1 rings (SSSR count). The minimum atomic E-state index is -0.858. The van der Waals surface area contributed by atoms with E-state index in [1.165, 1.54) is 0 Å². The van der Waals surface area contributed by atoms with E-state index in [4.69, 9.17) is 5.11 Å². The lowest BCUT2D eigenvalue weighted by molar-refractivity contribution is -0.146. The molecule has 0 bridgehead atoms. The van der Waals surface area contributed by atoms with Crippen molar-refractivity contribution in [2.45, 2.75) is 33.1 Å². The van der Waals surface area contributed by atoms with Gasteiger partial charge >= 0.3 is 5.97 Å². The second kappa shape index (κ2) is 6.29. The predicted molar refractivity (Wildman–Crippen MR) is 64.1 cm³/mol. The average Bonchev–Trinajstić information content (AvgIpc) is 2.66. The van der Waals surface area contributed by atoms with Crippen LogP contribution in [-0.2, 0) is 9.59 Å². The summed E-state index contributed by atoms with van der Waals surface area (Å²) < 4.78 is 0. The summed E-state index contributed by atoms with van der Waals surface area (Å²) in [5.74, 6) is 4.01. The molecule has 2 N–H and O–H groups in total. The first-order chi connectivity index (χ1) is 8.06. The molecule has 1 aliphatic rings. The van der Waals surface area contributed by atoms with Gasteiger partial charge in [-0.1, -0.05) is 6.92 Å². The maximum Gasteiger partial charge on any atom is 0.307 e. The van der Waals surface area contributed by atoms with Crippen LogP contribution in [0.4, 0.5) is 0 Å². The molecule has 0 aliphatic heterocycles. The van der Waals surface area contributed by atoms with Gasteiger partial charge in [0.15, 0.2) is 0 Å². The molecule has 4 heteroatoms. The van der Waals surface area contributed by atoms with Gasteiger partial charge in [-0.15, -0.1) is 11.8 Å². The van der Waals surface area contributed by atoms with Crippen LogP contribution in [0.15, 0.2) is 0 Å². The highest BCUT2D eigenvalue weighted by molar-refractivity contribution is 5.85. The predicted octanol–water partition coefficient (Wildman–Crippen LogP) is 1.26. The van der Waals surface area contributed by atoms with Crippen LogP contribution in [0, 0.1) is 29.6 Å². The Bertz CT molecular complexity index is 353. The summed E-state index contributed by atoms with van der Waals surface area (Å²) in [5.41, 5.74) is 0. The van der Waals surface area contributed by atoms with Gasteiger partial charge in [0.2, 0.25) is 5.91 Å². The molecular formula is C13H19NO3. The Kier molecular flexibility index (Phi) is 5.02. The quantitative estimate of drug-likeness (QED) is 0.571. The SMILES string of the molecule is CC#CCCNC(=O)[C@H]1CC(C)C[C@H]1C(=O)O. The fourth-order valence-electron chi connectivity index (χ4n) is 2.36. The minimum absolute atomic E-state index is 0.139. The molecule has 0 heterocycles. The highest BCUT2D eigenvalue weighted by atomic mass is 16.4. The third kappa shape index (κ3) is 3.77. The molecule has 1 saturated carbocycles. The summed E-state index contributed by atoms with van der Waals surface area (Å²) in [4.78, 5) is 22.9. The Morgan fingerprint density at radius 1 is 1.35 bits per heavy atom. The third-order valence-electron chi connectivity index (χ3n) is 3.18. The summed E-state index contributed by atoms with van der Waals surface area (Å²) in [6.45, 7) is 4.24. The Labute approximate surface area is 102 Å². The molecule has 1 unspecified atom stereocenters. The van der Waals surface area contributed by atoms with E-state index in [-0.39, 0.29) is 11.8 Å². The van der Waals surface area contributed by atoms with Crippen LogP contribution in [0.2, 0.25) is 0 Å². The molecule has 1 aliphatic carbocycles. The highest BCUT2D eigenvalue weighted by Crippen LogP contribution is 2.36.